The molecule has 4 rings (SSSR count). The highest BCUT2D eigenvalue weighted by Crippen LogP contribution is 2.44. The van der Waals surface area contributed by atoms with Gasteiger partial charge < -0.3 is 0 Å². The molecule has 3 heterocycles. The van der Waals surface area contributed by atoms with E-state index >= 15 is 0 Å². The molecule has 2 aliphatic rings. The third-order valence-electron chi connectivity index (χ3n) is 5.53. The molecule has 0 bridgehead atoms. The van der Waals surface area contributed by atoms with Crippen LogP contribution in [-0.2, 0) is 13.1 Å². The maximum atomic E-state index is 4.41. The van der Waals surface area contributed by atoms with E-state index in [9.17, 15) is 0 Å². The van der Waals surface area contributed by atoms with Gasteiger partial charge in [0.15, 0.2) is 0 Å². The van der Waals surface area contributed by atoms with E-state index in [-0.39, 0.29) is 24.8 Å². The van der Waals surface area contributed by atoms with Crippen molar-refractivity contribution < 1.29 is 0 Å². The van der Waals surface area contributed by atoms with Crippen molar-refractivity contribution >= 4 is 24.8 Å². The minimum atomic E-state index is 0. The summed E-state index contributed by atoms with van der Waals surface area (Å²) in [5.41, 5.74) is 2.82. The van der Waals surface area contributed by atoms with Crippen LogP contribution in [0.3, 0.4) is 0 Å². The van der Waals surface area contributed by atoms with Gasteiger partial charge in [-0.2, -0.15) is 5.10 Å². The van der Waals surface area contributed by atoms with Gasteiger partial charge >= 0.3 is 0 Å². The fourth-order valence-electron chi connectivity index (χ4n) is 4.55. The summed E-state index contributed by atoms with van der Waals surface area (Å²) in [4.78, 5) is 5.17. The molecule has 3 atom stereocenters. The summed E-state index contributed by atoms with van der Waals surface area (Å²) in [6, 6.07) is 11.6. The number of aryl methyl sites for hydroxylation is 1. The number of nitrogens with zero attached hydrogens (tertiary/aromatic N) is 4. The van der Waals surface area contributed by atoms with Crippen molar-refractivity contribution in [3.05, 3.63) is 53.9 Å². The third-order valence-corrected chi connectivity index (χ3v) is 5.53. The number of rotatable bonds is 4. The van der Waals surface area contributed by atoms with Crippen LogP contribution in [0.2, 0.25) is 0 Å². The normalized spacial score (nSPS) is 26.1. The highest BCUT2D eigenvalue weighted by atomic mass is 35.5. The first-order chi connectivity index (χ1) is 11.2. The number of aromatic nitrogens is 2. The molecule has 0 N–H and O–H groups in total. The van der Waals surface area contributed by atoms with Crippen LogP contribution in [0.25, 0.3) is 0 Å². The van der Waals surface area contributed by atoms with Crippen LogP contribution in [0.15, 0.2) is 42.7 Å². The smallest absolute Gasteiger partial charge is 0.0534 e. The van der Waals surface area contributed by atoms with Gasteiger partial charge in [0.05, 0.1) is 6.20 Å². The van der Waals surface area contributed by atoms with Crippen molar-refractivity contribution in [3.63, 3.8) is 0 Å². The van der Waals surface area contributed by atoms with E-state index < -0.39 is 0 Å². The number of likely N-dealkylation sites (tertiary alicyclic amines) is 2. The fourth-order valence-corrected chi connectivity index (χ4v) is 4.55. The summed E-state index contributed by atoms with van der Waals surface area (Å²) in [5, 5.41) is 4.41. The lowest BCUT2D eigenvalue weighted by Gasteiger charge is -2.26. The number of halogens is 2. The standard InChI is InChI=1S/C19H26N4.2ClH/c1-3-23-11-15(9-20-23)10-22-13-17-12-21(2)19(18(17)14-22)16-7-5-4-6-8-16;;/h4-9,11,17-19H,3,10,12-14H2,1-2H3;2*1H/t17-,18+,19-;;/m0../s1. The minimum absolute atomic E-state index is 0. The lowest BCUT2D eigenvalue weighted by atomic mass is 9.90. The Hall–Kier alpha value is -1.07. The molecule has 2 fully saturated rings. The fraction of sp³-hybridized carbons (Fsp3) is 0.526. The summed E-state index contributed by atoms with van der Waals surface area (Å²) < 4.78 is 2.02. The number of benzene rings is 1. The zero-order chi connectivity index (χ0) is 15.8. The Labute approximate surface area is 163 Å². The molecule has 0 radical (unpaired) electrons. The van der Waals surface area contributed by atoms with E-state index in [1.807, 2.05) is 10.9 Å². The van der Waals surface area contributed by atoms with E-state index in [1.54, 1.807) is 0 Å². The highest BCUT2D eigenvalue weighted by Gasteiger charge is 2.45. The highest BCUT2D eigenvalue weighted by molar-refractivity contribution is 5.85. The minimum Gasteiger partial charge on any atom is -0.299 e. The number of hydrogen-bond acceptors (Lipinski definition) is 3. The van der Waals surface area contributed by atoms with Gasteiger partial charge in [0.1, 0.15) is 0 Å². The Balaban J connectivity index is 0.00000113. The van der Waals surface area contributed by atoms with Crippen LogP contribution < -0.4 is 0 Å². The average Bonchev–Trinajstić information content (AvgIpc) is 3.23. The molecule has 2 saturated heterocycles. The Kier molecular flexibility index (Phi) is 6.92. The SMILES string of the molecule is CCn1cc(CN2C[C@@H]3CN(C)[C@@H](c4ccccc4)[C@@H]3C2)cn1.Cl.Cl. The van der Waals surface area contributed by atoms with Crippen molar-refractivity contribution in [2.45, 2.75) is 26.1 Å². The molecule has 0 unspecified atom stereocenters. The van der Waals surface area contributed by atoms with Gasteiger partial charge in [0, 0.05) is 50.5 Å². The number of fused-ring (bicyclic) bond motifs is 1. The topological polar surface area (TPSA) is 24.3 Å². The first kappa shape index (κ1) is 20.2. The second-order valence-electron chi connectivity index (χ2n) is 7.12. The molecule has 1 aromatic heterocycles. The van der Waals surface area contributed by atoms with Gasteiger partial charge in [-0.3, -0.25) is 14.5 Å². The van der Waals surface area contributed by atoms with E-state index in [0.717, 1.165) is 24.9 Å². The molecule has 1 aromatic carbocycles. The van der Waals surface area contributed by atoms with Crippen LogP contribution in [0.5, 0.6) is 0 Å². The van der Waals surface area contributed by atoms with Crippen molar-refractivity contribution in [3.8, 4) is 0 Å². The van der Waals surface area contributed by atoms with Gasteiger partial charge in [-0.05, 0) is 31.4 Å². The molecular formula is C19H28Cl2N4. The van der Waals surface area contributed by atoms with Gasteiger partial charge in [-0.25, -0.2) is 0 Å². The second kappa shape index (κ2) is 8.54. The van der Waals surface area contributed by atoms with E-state index in [1.165, 1.54) is 30.8 Å². The molecule has 0 aliphatic carbocycles. The van der Waals surface area contributed by atoms with E-state index in [2.05, 4.69) is 65.4 Å². The van der Waals surface area contributed by atoms with Crippen LogP contribution in [0, 0.1) is 11.8 Å². The van der Waals surface area contributed by atoms with E-state index in [4.69, 9.17) is 0 Å². The first-order valence-corrected chi connectivity index (χ1v) is 8.73. The van der Waals surface area contributed by atoms with Crippen LogP contribution in [0.4, 0.5) is 0 Å². The van der Waals surface area contributed by atoms with Crippen LogP contribution in [-0.4, -0.2) is 46.3 Å². The molecule has 0 amide bonds. The Morgan fingerprint density at radius 1 is 1.08 bits per heavy atom. The van der Waals surface area contributed by atoms with Crippen molar-refractivity contribution in [1.82, 2.24) is 19.6 Å². The summed E-state index contributed by atoms with van der Waals surface area (Å²) in [5.74, 6) is 1.55. The van der Waals surface area contributed by atoms with Crippen molar-refractivity contribution in [1.29, 1.82) is 0 Å². The zero-order valence-electron chi connectivity index (χ0n) is 14.9. The average molecular weight is 383 g/mol. The van der Waals surface area contributed by atoms with Crippen molar-refractivity contribution in [2.24, 2.45) is 11.8 Å². The first-order valence-electron chi connectivity index (χ1n) is 8.73. The van der Waals surface area contributed by atoms with E-state index in [0.29, 0.717) is 6.04 Å². The molecule has 2 aromatic rings. The summed E-state index contributed by atoms with van der Waals surface area (Å²) in [6.07, 6.45) is 4.22. The third kappa shape index (κ3) is 4.03. The quantitative estimate of drug-likeness (QED) is 0.808. The summed E-state index contributed by atoms with van der Waals surface area (Å²) >= 11 is 0. The van der Waals surface area contributed by atoms with Gasteiger partial charge in [0.2, 0.25) is 0 Å². The maximum Gasteiger partial charge on any atom is 0.0534 e. The van der Waals surface area contributed by atoms with Gasteiger partial charge in [-0.15, -0.1) is 24.8 Å². The molecule has 6 heteroatoms. The van der Waals surface area contributed by atoms with Crippen LogP contribution in [0.1, 0.15) is 24.1 Å². The monoisotopic (exact) mass is 382 g/mol. The Bertz CT molecular complexity index is 660. The predicted octanol–water partition coefficient (Wildman–Crippen LogP) is 3.48. The lowest BCUT2D eigenvalue weighted by molar-refractivity contribution is 0.224. The lowest BCUT2D eigenvalue weighted by Crippen LogP contribution is -2.28. The molecule has 138 valence electrons. The molecular weight excluding hydrogens is 355 g/mol. The molecule has 4 nitrogen and oxygen atoms in total. The van der Waals surface area contributed by atoms with Gasteiger partial charge in [-0.1, -0.05) is 30.3 Å². The molecule has 2 aliphatic heterocycles. The number of hydrogen-bond donors (Lipinski definition) is 0. The summed E-state index contributed by atoms with van der Waals surface area (Å²) in [6.45, 7) is 7.76. The zero-order valence-corrected chi connectivity index (χ0v) is 16.5. The molecule has 0 saturated carbocycles. The van der Waals surface area contributed by atoms with Crippen LogP contribution >= 0.6 is 24.8 Å². The maximum absolute atomic E-state index is 4.41. The largest absolute Gasteiger partial charge is 0.299 e. The Morgan fingerprint density at radius 2 is 1.84 bits per heavy atom. The molecule has 25 heavy (non-hydrogen) atoms. The van der Waals surface area contributed by atoms with Gasteiger partial charge in [0.25, 0.3) is 0 Å². The predicted molar refractivity (Wildman–Crippen MR) is 106 cm³/mol. The summed E-state index contributed by atoms with van der Waals surface area (Å²) in [7, 11) is 2.28. The Morgan fingerprint density at radius 3 is 2.52 bits per heavy atom. The second-order valence-corrected chi connectivity index (χ2v) is 7.12. The van der Waals surface area contributed by atoms with Crippen molar-refractivity contribution in [2.75, 3.05) is 26.7 Å². The molecule has 0 spiro atoms.